The van der Waals surface area contributed by atoms with Gasteiger partial charge in [0.1, 0.15) is 0 Å². The van der Waals surface area contributed by atoms with E-state index in [-0.39, 0.29) is 51.4 Å². The standard InChI is InChI=1S/C9H6N.K/c1-2-8-3-5-9(7-10)6-4-8;/h1-6H;/q-1;+1. The Hall–Kier alpha value is 0.0864. The number of hydrogen-bond acceptors (Lipinski definition) is 1. The minimum Gasteiger partial charge on any atom is -0.292 e. The predicted molar refractivity (Wildman–Crippen MR) is 39.9 cm³/mol. The second-order valence-corrected chi connectivity index (χ2v) is 1.90. The number of hydrogen-bond donors (Lipinski definition) is 0. The van der Waals surface area contributed by atoms with E-state index in [0.29, 0.717) is 5.56 Å². The second-order valence-electron chi connectivity index (χ2n) is 1.90. The van der Waals surface area contributed by atoms with Gasteiger partial charge in [0.15, 0.2) is 0 Å². The molecule has 0 unspecified atom stereocenters. The summed E-state index contributed by atoms with van der Waals surface area (Å²) in [6.45, 7) is 5.23. The average Bonchev–Trinajstić information content (AvgIpc) is 2.05. The maximum Gasteiger partial charge on any atom is 1.00 e. The Labute approximate surface area is 109 Å². The molecule has 0 saturated heterocycles. The quantitative estimate of drug-likeness (QED) is 0.389. The molecule has 11 heavy (non-hydrogen) atoms. The molecule has 1 aromatic carbocycles. The fourth-order valence-corrected chi connectivity index (χ4v) is 0.669. The van der Waals surface area contributed by atoms with Gasteiger partial charge in [-0.1, -0.05) is 12.1 Å². The van der Waals surface area contributed by atoms with Crippen LogP contribution in [0.25, 0.3) is 6.08 Å². The van der Waals surface area contributed by atoms with Gasteiger partial charge in [0.25, 0.3) is 0 Å². The third kappa shape index (κ3) is 3.32. The average molecular weight is 167 g/mol. The summed E-state index contributed by atoms with van der Waals surface area (Å²) >= 11 is 0. The summed E-state index contributed by atoms with van der Waals surface area (Å²) in [6, 6.07) is 9.10. The summed E-state index contributed by atoms with van der Waals surface area (Å²) in [5, 5.41) is 8.41. The Morgan fingerprint density at radius 1 is 1.27 bits per heavy atom. The summed E-state index contributed by atoms with van der Waals surface area (Å²) < 4.78 is 0. The van der Waals surface area contributed by atoms with Gasteiger partial charge in [0.2, 0.25) is 0 Å². The zero-order chi connectivity index (χ0) is 7.40. The van der Waals surface area contributed by atoms with Crippen molar-refractivity contribution in [2.45, 2.75) is 0 Å². The summed E-state index contributed by atoms with van der Waals surface area (Å²) in [7, 11) is 0. The number of nitrogens with zero attached hydrogens (tertiary/aromatic N) is 1. The normalized spacial score (nSPS) is 7.55. The van der Waals surface area contributed by atoms with E-state index in [9.17, 15) is 0 Å². The van der Waals surface area contributed by atoms with Crippen LogP contribution in [-0.2, 0) is 0 Å². The van der Waals surface area contributed by atoms with Crippen LogP contribution >= 0.6 is 0 Å². The molecule has 0 radical (unpaired) electrons. The second kappa shape index (κ2) is 5.70. The van der Waals surface area contributed by atoms with Crippen LogP contribution in [0.4, 0.5) is 0 Å². The number of nitriles is 1. The van der Waals surface area contributed by atoms with Gasteiger partial charge in [-0.05, 0) is 0 Å². The fourth-order valence-electron chi connectivity index (χ4n) is 0.669. The molecule has 48 valence electrons. The molecular formula is C9H6KN. The first-order chi connectivity index (χ1) is 4.86. The first kappa shape index (κ1) is 11.1. The Balaban J connectivity index is 0.000001000. The maximum atomic E-state index is 8.41. The molecule has 0 N–H and O–H groups in total. The maximum absolute atomic E-state index is 8.41. The molecular weight excluding hydrogens is 161 g/mol. The van der Waals surface area contributed by atoms with Crippen molar-refractivity contribution in [2.75, 3.05) is 0 Å². The minimum atomic E-state index is 0. The molecule has 0 aliphatic carbocycles. The van der Waals surface area contributed by atoms with Crippen LogP contribution in [0, 0.1) is 17.9 Å². The summed E-state index contributed by atoms with van der Waals surface area (Å²) in [5.41, 5.74) is 1.59. The van der Waals surface area contributed by atoms with Crippen LogP contribution in [0.2, 0.25) is 0 Å². The first-order valence-corrected chi connectivity index (χ1v) is 2.92. The van der Waals surface area contributed by atoms with Crippen molar-refractivity contribution in [2.24, 2.45) is 0 Å². The van der Waals surface area contributed by atoms with Gasteiger partial charge < -0.3 is 0 Å². The Kier molecular flexibility index (Phi) is 5.75. The minimum absolute atomic E-state index is 0. The Morgan fingerprint density at radius 2 is 1.82 bits per heavy atom. The number of benzene rings is 1. The van der Waals surface area contributed by atoms with Gasteiger partial charge in [-0.2, -0.15) is 10.8 Å². The topological polar surface area (TPSA) is 23.8 Å². The van der Waals surface area contributed by atoms with Gasteiger partial charge in [0.05, 0.1) is 6.07 Å². The van der Waals surface area contributed by atoms with Gasteiger partial charge in [-0.15, -0.1) is 12.1 Å². The first-order valence-electron chi connectivity index (χ1n) is 2.92. The van der Waals surface area contributed by atoms with Crippen molar-refractivity contribution >= 4 is 6.08 Å². The molecule has 0 bridgehead atoms. The van der Waals surface area contributed by atoms with E-state index < -0.39 is 0 Å². The third-order valence-electron chi connectivity index (χ3n) is 1.23. The molecule has 0 saturated carbocycles. The molecule has 0 aliphatic rings. The van der Waals surface area contributed by atoms with E-state index in [1.54, 1.807) is 24.3 Å². The van der Waals surface area contributed by atoms with Gasteiger partial charge in [0, 0.05) is 5.56 Å². The van der Waals surface area contributed by atoms with Crippen molar-refractivity contribution < 1.29 is 51.4 Å². The predicted octanol–water partition coefficient (Wildman–Crippen LogP) is -0.992. The molecule has 0 heterocycles. The van der Waals surface area contributed by atoms with E-state index in [2.05, 4.69) is 0 Å². The van der Waals surface area contributed by atoms with Crippen molar-refractivity contribution in [1.82, 2.24) is 0 Å². The van der Waals surface area contributed by atoms with E-state index in [1.807, 2.05) is 6.07 Å². The molecule has 1 rings (SSSR count). The van der Waals surface area contributed by atoms with Crippen LogP contribution in [0.5, 0.6) is 0 Å². The largest absolute Gasteiger partial charge is 1.00 e. The van der Waals surface area contributed by atoms with E-state index >= 15 is 0 Å². The van der Waals surface area contributed by atoms with Gasteiger partial charge in [-0.3, -0.25) is 6.58 Å². The smallest absolute Gasteiger partial charge is 0.292 e. The number of rotatable bonds is 1. The fraction of sp³-hybridized carbons (Fsp3) is 0. The van der Waals surface area contributed by atoms with E-state index in [0.717, 1.165) is 5.56 Å². The molecule has 0 fully saturated rings. The van der Waals surface area contributed by atoms with Crippen molar-refractivity contribution in [1.29, 1.82) is 5.26 Å². The monoisotopic (exact) mass is 167 g/mol. The molecule has 0 amide bonds. The zero-order valence-electron chi connectivity index (χ0n) is 6.41. The third-order valence-corrected chi connectivity index (χ3v) is 1.23. The molecule has 0 aliphatic heterocycles. The van der Waals surface area contributed by atoms with E-state index in [4.69, 9.17) is 11.8 Å². The molecule has 1 nitrogen and oxygen atoms in total. The summed E-state index contributed by atoms with van der Waals surface area (Å²) in [6.07, 6.45) is 1.50. The molecule has 0 spiro atoms. The van der Waals surface area contributed by atoms with Crippen LogP contribution in [0.1, 0.15) is 11.1 Å². The van der Waals surface area contributed by atoms with Crippen LogP contribution in [-0.4, -0.2) is 0 Å². The van der Waals surface area contributed by atoms with Crippen molar-refractivity contribution in [3.8, 4) is 6.07 Å². The van der Waals surface area contributed by atoms with Crippen LogP contribution in [0.15, 0.2) is 24.3 Å². The molecule has 0 aromatic heterocycles. The van der Waals surface area contributed by atoms with Crippen molar-refractivity contribution in [3.05, 3.63) is 42.0 Å². The van der Waals surface area contributed by atoms with Crippen molar-refractivity contribution in [3.63, 3.8) is 0 Å². The van der Waals surface area contributed by atoms with Gasteiger partial charge in [-0.25, -0.2) is 6.08 Å². The van der Waals surface area contributed by atoms with Crippen LogP contribution < -0.4 is 51.4 Å². The summed E-state index contributed by atoms with van der Waals surface area (Å²) in [5.74, 6) is 0. The molecule has 0 atom stereocenters. The van der Waals surface area contributed by atoms with Gasteiger partial charge >= 0.3 is 51.4 Å². The van der Waals surface area contributed by atoms with Crippen LogP contribution in [0.3, 0.4) is 0 Å². The molecule has 2 heteroatoms. The molecule has 1 aromatic rings. The SMILES string of the molecule is [CH-]=Cc1ccc(C#N)cc1.[K+]. The zero-order valence-corrected chi connectivity index (χ0v) is 9.53. The summed E-state index contributed by atoms with van der Waals surface area (Å²) in [4.78, 5) is 0. The Bertz CT molecular complexity index is 269. The van der Waals surface area contributed by atoms with E-state index in [1.165, 1.54) is 6.08 Å². The Morgan fingerprint density at radius 3 is 2.18 bits per heavy atom.